The summed E-state index contributed by atoms with van der Waals surface area (Å²) < 4.78 is 26.3. The monoisotopic (exact) mass is 379 g/mol. The van der Waals surface area contributed by atoms with E-state index in [1.807, 2.05) is 0 Å². The van der Waals surface area contributed by atoms with Gasteiger partial charge in [-0.3, -0.25) is 4.79 Å². The van der Waals surface area contributed by atoms with Crippen LogP contribution >= 0.6 is 0 Å². The Labute approximate surface area is 161 Å². The molecule has 1 fully saturated rings. The van der Waals surface area contributed by atoms with Crippen LogP contribution in [0.25, 0.3) is 6.08 Å². The molecule has 0 aliphatic carbocycles. The largest absolute Gasteiger partial charge is 0.352 e. The second-order valence-electron chi connectivity index (χ2n) is 8.24. The molecule has 0 bridgehead atoms. The van der Waals surface area contributed by atoms with Crippen LogP contribution in [-0.4, -0.2) is 49.1 Å². The van der Waals surface area contributed by atoms with Crippen LogP contribution in [-0.2, 0) is 4.79 Å². The van der Waals surface area contributed by atoms with Crippen molar-refractivity contribution in [1.29, 1.82) is 0 Å². The number of carbonyl (C=O) groups excluding carboxylic acids is 1. The summed E-state index contributed by atoms with van der Waals surface area (Å²) >= 11 is 0. The molecule has 0 saturated carbocycles. The maximum atomic E-state index is 13.1. The lowest BCUT2D eigenvalue weighted by molar-refractivity contribution is -0.116. The molecule has 6 heteroatoms. The highest BCUT2D eigenvalue weighted by Crippen LogP contribution is 2.16. The van der Waals surface area contributed by atoms with Gasteiger partial charge in [0.25, 0.3) is 0 Å². The number of amides is 1. The predicted octanol–water partition coefficient (Wildman–Crippen LogP) is 3.19. The molecule has 1 aromatic carbocycles. The van der Waals surface area contributed by atoms with Gasteiger partial charge in [-0.15, -0.1) is 0 Å². The van der Waals surface area contributed by atoms with Crippen molar-refractivity contribution >= 4 is 12.0 Å². The van der Waals surface area contributed by atoms with E-state index in [4.69, 9.17) is 0 Å². The van der Waals surface area contributed by atoms with E-state index in [9.17, 15) is 13.6 Å². The Bertz CT molecular complexity index is 627. The minimum absolute atomic E-state index is 0.146. The molecule has 27 heavy (non-hydrogen) atoms. The predicted molar refractivity (Wildman–Crippen MR) is 105 cm³/mol. The van der Waals surface area contributed by atoms with Crippen molar-refractivity contribution in [1.82, 2.24) is 15.5 Å². The minimum atomic E-state index is -0.653. The van der Waals surface area contributed by atoms with E-state index < -0.39 is 11.6 Å². The molecule has 1 amide bonds. The summed E-state index contributed by atoms with van der Waals surface area (Å²) in [7, 11) is 0. The molecule has 0 unspecified atom stereocenters. The molecule has 1 aliphatic rings. The fraction of sp³-hybridized carbons (Fsp3) is 0.571. The molecular formula is C21H31F2N3O. The lowest BCUT2D eigenvalue weighted by Gasteiger charge is -2.33. The fourth-order valence-electron chi connectivity index (χ4n) is 3.15. The lowest BCUT2D eigenvalue weighted by Crippen LogP contribution is -2.44. The smallest absolute Gasteiger partial charge is 0.244 e. The molecule has 2 N–H and O–H groups in total. The average molecular weight is 379 g/mol. The first-order valence-corrected chi connectivity index (χ1v) is 9.61. The second-order valence-corrected chi connectivity index (χ2v) is 8.24. The summed E-state index contributed by atoms with van der Waals surface area (Å²) in [6.07, 6.45) is 4.87. The first kappa shape index (κ1) is 21.5. The van der Waals surface area contributed by atoms with Crippen LogP contribution in [0.2, 0.25) is 0 Å². The molecule has 1 heterocycles. The van der Waals surface area contributed by atoms with Crippen LogP contribution in [0.1, 0.15) is 39.2 Å². The van der Waals surface area contributed by atoms with Crippen molar-refractivity contribution in [2.24, 2.45) is 5.92 Å². The van der Waals surface area contributed by atoms with Gasteiger partial charge in [-0.05, 0) is 76.4 Å². The van der Waals surface area contributed by atoms with E-state index in [2.05, 4.69) is 36.3 Å². The van der Waals surface area contributed by atoms with Gasteiger partial charge in [0.15, 0.2) is 0 Å². The van der Waals surface area contributed by atoms with Crippen molar-refractivity contribution in [3.63, 3.8) is 0 Å². The lowest BCUT2D eigenvalue weighted by atomic mass is 9.96. The molecular weight excluding hydrogens is 348 g/mol. The summed E-state index contributed by atoms with van der Waals surface area (Å²) in [6.45, 7) is 11.3. The quantitative estimate of drug-likeness (QED) is 0.715. The molecule has 0 aromatic heterocycles. The maximum absolute atomic E-state index is 13.1. The third-order valence-corrected chi connectivity index (χ3v) is 4.67. The highest BCUT2D eigenvalue weighted by atomic mass is 19.1. The number of benzene rings is 1. The van der Waals surface area contributed by atoms with Crippen molar-refractivity contribution in [3.05, 3.63) is 41.5 Å². The number of hydrogen-bond donors (Lipinski definition) is 2. The number of halogens is 2. The minimum Gasteiger partial charge on any atom is -0.352 e. The van der Waals surface area contributed by atoms with E-state index in [1.165, 1.54) is 24.3 Å². The van der Waals surface area contributed by atoms with E-state index in [0.29, 0.717) is 18.0 Å². The summed E-state index contributed by atoms with van der Waals surface area (Å²) in [5.41, 5.74) is 0.479. The molecule has 0 spiro atoms. The number of carbonyl (C=O) groups is 1. The topological polar surface area (TPSA) is 44.4 Å². The molecule has 0 radical (unpaired) electrons. The zero-order valence-corrected chi connectivity index (χ0v) is 16.5. The van der Waals surface area contributed by atoms with Crippen molar-refractivity contribution in [2.45, 2.75) is 39.2 Å². The highest BCUT2D eigenvalue weighted by Gasteiger charge is 2.19. The van der Waals surface area contributed by atoms with Gasteiger partial charge in [0.05, 0.1) is 0 Å². The summed E-state index contributed by atoms with van der Waals surface area (Å²) in [5, 5.41) is 6.39. The molecule has 0 atom stereocenters. The first-order valence-electron chi connectivity index (χ1n) is 9.61. The SMILES string of the molecule is CC(C)(C)NCCN1CCC(CNC(=O)/C=C/c2cc(F)cc(F)c2)CC1. The van der Waals surface area contributed by atoms with E-state index in [0.717, 1.165) is 45.1 Å². The Balaban J connectivity index is 1.66. The third-order valence-electron chi connectivity index (χ3n) is 4.67. The number of rotatable bonds is 7. The number of likely N-dealkylation sites (tertiary alicyclic amines) is 1. The molecule has 4 nitrogen and oxygen atoms in total. The molecule has 2 rings (SSSR count). The summed E-state index contributed by atoms with van der Waals surface area (Å²) in [4.78, 5) is 14.4. The Morgan fingerprint density at radius 2 is 1.81 bits per heavy atom. The van der Waals surface area contributed by atoms with Crippen LogP contribution in [0.15, 0.2) is 24.3 Å². The Kier molecular flexibility index (Phi) is 7.92. The molecule has 1 saturated heterocycles. The third kappa shape index (κ3) is 8.63. The molecule has 150 valence electrons. The zero-order chi connectivity index (χ0) is 19.9. The van der Waals surface area contributed by atoms with E-state index in [1.54, 1.807) is 0 Å². The van der Waals surface area contributed by atoms with Gasteiger partial charge in [-0.2, -0.15) is 0 Å². The van der Waals surface area contributed by atoms with Gasteiger partial charge < -0.3 is 15.5 Å². The number of hydrogen-bond acceptors (Lipinski definition) is 3. The van der Waals surface area contributed by atoms with Gasteiger partial charge >= 0.3 is 0 Å². The van der Waals surface area contributed by atoms with E-state index >= 15 is 0 Å². The number of nitrogens with zero attached hydrogens (tertiary/aromatic N) is 1. The van der Waals surface area contributed by atoms with Gasteiger partial charge in [0.2, 0.25) is 5.91 Å². The normalized spacial score (nSPS) is 16.8. The summed E-state index contributed by atoms with van der Waals surface area (Å²) in [6, 6.07) is 3.19. The van der Waals surface area contributed by atoms with Crippen molar-refractivity contribution in [2.75, 3.05) is 32.7 Å². The number of nitrogens with one attached hydrogen (secondary N) is 2. The Hall–Kier alpha value is -1.79. The van der Waals surface area contributed by atoms with Gasteiger partial charge in [0.1, 0.15) is 11.6 Å². The van der Waals surface area contributed by atoms with Gasteiger partial charge in [-0.25, -0.2) is 8.78 Å². The van der Waals surface area contributed by atoms with Crippen LogP contribution in [0.3, 0.4) is 0 Å². The molecule has 1 aromatic rings. The Morgan fingerprint density at radius 3 is 2.41 bits per heavy atom. The first-order chi connectivity index (χ1) is 12.7. The van der Waals surface area contributed by atoms with Crippen molar-refractivity contribution < 1.29 is 13.6 Å². The summed E-state index contributed by atoms with van der Waals surface area (Å²) in [5.74, 6) is -1.07. The molecule has 1 aliphatic heterocycles. The average Bonchev–Trinajstić information content (AvgIpc) is 2.57. The number of piperidine rings is 1. The standard InChI is InChI=1S/C21H31F2N3O/c1-21(2,3)25-8-11-26-9-6-16(7-10-26)15-24-20(27)5-4-17-12-18(22)14-19(23)13-17/h4-5,12-14,16,25H,6-11,15H2,1-3H3,(H,24,27)/b5-4+. The van der Waals surface area contributed by atoms with Crippen LogP contribution in [0.4, 0.5) is 8.78 Å². The van der Waals surface area contributed by atoms with Gasteiger partial charge in [-0.1, -0.05) is 0 Å². The van der Waals surface area contributed by atoms with Crippen molar-refractivity contribution in [3.8, 4) is 0 Å². The highest BCUT2D eigenvalue weighted by molar-refractivity contribution is 5.91. The van der Waals surface area contributed by atoms with Gasteiger partial charge in [0, 0.05) is 37.3 Å². The zero-order valence-electron chi connectivity index (χ0n) is 16.5. The van der Waals surface area contributed by atoms with Crippen LogP contribution in [0, 0.1) is 17.6 Å². The fourth-order valence-corrected chi connectivity index (χ4v) is 3.15. The maximum Gasteiger partial charge on any atom is 0.244 e. The van der Waals surface area contributed by atoms with Crippen LogP contribution < -0.4 is 10.6 Å². The second kappa shape index (κ2) is 9.95. The Morgan fingerprint density at radius 1 is 1.19 bits per heavy atom. The van der Waals surface area contributed by atoms with E-state index in [-0.39, 0.29) is 11.4 Å². The van der Waals surface area contributed by atoms with Crippen LogP contribution in [0.5, 0.6) is 0 Å².